The van der Waals surface area contributed by atoms with Gasteiger partial charge in [0.2, 0.25) is 0 Å². The van der Waals surface area contributed by atoms with Gasteiger partial charge in [0.1, 0.15) is 5.82 Å². The highest BCUT2D eigenvalue weighted by Gasteiger charge is 2.30. The van der Waals surface area contributed by atoms with Crippen molar-refractivity contribution >= 4 is 28.3 Å². The molecule has 2 aliphatic rings. The van der Waals surface area contributed by atoms with Crippen LogP contribution in [0.5, 0.6) is 0 Å². The molecule has 0 aromatic heterocycles. The van der Waals surface area contributed by atoms with Crippen LogP contribution in [0.2, 0.25) is 0 Å². The highest BCUT2D eigenvalue weighted by molar-refractivity contribution is 8.24. The molecule has 3 N–H and O–H groups in total. The molecule has 2 aromatic carbocycles. The Morgan fingerprint density at radius 2 is 1.72 bits per heavy atom. The predicted molar refractivity (Wildman–Crippen MR) is 138 cm³/mol. The zero-order valence-corrected chi connectivity index (χ0v) is 21.2. The molecule has 9 nitrogen and oxygen atoms in total. The normalized spacial score (nSPS) is 18.9. The number of urea groups is 1. The molecule has 2 aromatic rings. The lowest BCUT2D eigenvalue weighted by atomic mass is 10.1. The van der Waals surface area contributed by atoms with Gasteiger partial charge in [0.15, 0.2) is 0 Å². The molecular formula is C25H33FN4O5S. The van der Waals surface area contributed by atoms with E-state index in [1.54, 1.807) is 4.90 Å². The van der Waals surface area contributed by atoms with Crippen molar-refractivity contribution in [2.24, 2.45) is 0 Å². The molecule has 0 atom stereocenters. The van der Waals surface area contributed by atoms with E-state index in [1.165, 1.54) is 24.1 Å². The maximum atomic E-state index is 14.9. The number of carbonyl (C=O) groups is 2. The molecule has 0 spiro atoms. The molecular weight excluding hydrogens is 487 g/mol. The van der Waals surface area contributed by atoms with Crippen molar-refractivity contribution in [1.29, 1.82) is 0 Å². The van der Waals surface area contributed by atoms with Gasteiger partial charge in [-0.1, -0.05) is 18.2 Å². The second kappa shape index (κ2) is 11.6. The number of carbonyl (C=O) groups excluding carboxylic acids is 2. The van der Waals surface area contributed by atoms with E-state index >= 15 is 0 Å². The van der Waals surface area contributed by atoms with Crippen LogP contribution in [0, 0.1) is 5.82 Å². The Morgan fingerprint density at radius 1 is 1.06 bits per heavy atom. The molecule has 2 saturated heterocycles. The van der Waals surface area contributed by atoms with Crippen molar-refractivity contribution in [3.63, 3.8) is 0 Å². The smallest absolute Gasteiger partial charge is 0.337 e. The third-order valence-corrected chi connectivity index (χ3v) is 8.22. The van der Waals surface area contributed by atoms with Crippen LogP contribution in [-0.2, 0) is 17.8 Å². The average Bonchev–Trinajstić information content (AvgIpc) is 2.88. The minimum absolute atomic E-state index is 0.0456. The van der Waals surface area contributed by atoms with Gasteiger partial charge in [-0.25, -0.2) is 14.0 Å². The number of rotatable bonds is 6. The molecule has 0 radical (unpaired) electrons. The maximum Gasteiger partial charge on any atom is 0.337 e. The maximum absolute atomic E-state index is 14.9. The summed E-state index contributed by atoms with van der Waals surface area (Å²) in [7, 11) is -1.44. The highest BCUT2D eigenvalue weighted by Crippen LogP contribution is 2.40. The largest absolute Gasteiger partial charge is 0.465 e. The first-order valence-electron chi connectivity index (χ1n) is 11.9. The number of halogens is 1. The number of hydrogen-bond acceptors (Lipinski definition) is 7. The Morgan fingerprint density at radius 3 is 2.33 bits per heavy atom. The average molecular weight is 521 g/mol. The summed E-state index contributed by atoms with van der Waals surface area (Å²) in [6, 6.07) is 11.4. The van der Waals surface area contributed by atoms with E-state index in [0.717, 1.165) is 44.4 Å². The van der Waals surface area contributed by atoms with Gasteiger partial charge in [-0.05, 0) is 29.8 Å². The summed E-state index contributed by atoms with van der Waals surface area (Å²) in [5.74, 6) is -1.00. The molecule has 196 valence electrons. The number of esters is 1. The van der Waals surface area contributed by atoms with Crippen LogP contribution in [0.25, 0.3) is 0 Å². The summed E-state index contributed by atoms with van der Waals surface area (Å²) >= 11 is 0. The molecule has 0 saturated carbocycles. The van der Waals surface area contributed by atoms with Crippen molar-refractivity contribution in [1.82, 2.24) is 15.1 Å². The van der Waals surface area contributed by atoms with E-state index in [4.69, 9.17) is 0 Å². The minimum atomic E-state index is -2.67. The quantitative estimate of drug-likeness (QED) is 0.503. The standard InChI is InChI=1S/C25H33FN4O5S/c1-35-24(31)20-4-5-21(23(26)16-20)18-30(25(32)29-12-14-36(33,34)15-13-29)22-6-2-19(3-7-22)17-28-10-8-27-9-11-28/h2-7,16,27,33-34H,8-15,17-18H2,1H3. The van der Waals surface area contributed by atoms with Crippen molar-refractivity contribution in [3.05, 3.63) is 65.0 Å². The number of benzene rings is 2. The molecule has 2 heterocycles. The van der Waals surface area contributed by atoms with E-state index in [-0.39, 0.29) is 48.3 Å². The summed E-state index contributed by atoms with van der Waals surface area (Å²) in [5, 5.41) is 3.34. The zero-order valence-electron chi connectivity index (χ0n) is 20.4. The Balaban J connectivity index is 1.56. The number of piperazine rings is 1. The lowest BCUT2D eigenvalue weighted by Gasteiger charge is -2.42. The van der Waals surface area contributed by atoms with Crippen LogP contribution in [0.3, 0.4) is 0 Å². The van der Waals surface area contributed by atoms with Gasteiger partial charge in [-0.3, -0.25) is 18.9 Å². The summed E-state index contributed by atoms with van der Waals surface area (Å²) in [5.41, 5.74) is 2.07. The number of nitrogens with one attached hydrogen (secondary N) is 1. The first-order valence-corrected chi connectivity index (χ1v) is 13.8. The van der Waals surface area contributed by atoms with Gasteiger partial charge in [0.25, 0.3) is 0 Å². The second-order valence-electron chi connectivity index (χ2n) is 9.06. The van der Waals surface area contributed by atoms with Crippen molar-refractivity contribution < 1.29 is 27.8 Å². The van der Waals surface area contributed by atoms with Crippen LogP contribution in [-0.4, -0.2) is 88.8 Å². The fraction of sp³-hybridized carbons (Fsp3) is 0.440. The van der Waals surface area contributed by atoms with Gasteiger partial charge >= 0.3 is 12.0 Å². The highest BCUT2D eigenvalue weighted by atomic mass is 32.3. The third kappa shape index (κ3) is 6.54. The SMILES string of the molecule is COC(=O)c1ccc(CN(C(=O)N2CCS(O)(O)CC2)c2ccc(CN3CCNCC3)cc2)c(F)c1. The summed E-state index contributed by atoms with van der Waals surface area (Å²) in [6.07, 6.45) is 0. The Bertz CT molecular complexity index is 1070. The van der Waals surface area contributed by atoms with Gasteiger partial charge in [0, 0.05) is 57.1 Å². The third-order valence-electron chi connectivity index (χ3n) is 6.54. The Hall–Kier alpha value is -2.70. The number of ether oxygens (including phenoxy) is 1. The van der Waals surface area contributed by atoms with Crippen molar-refractivity contribution in [2.75, 3.05) is 62.8 Å². The molecule has 2 fully saturated rings. The molecule has 2 aliphatic heterocycles. The Kier molecular flexibility index (Phi) is 8.47. The topological polar surface area (TPSA) is 106 Å². The van der Waals surface area contributed by atoms with Crippen LogP contribution in [0.4, 0.5) is 14.9 Å². The van der Waals surface area contributed by atoms with Gasteiger partial charge in [-0.2, -0.15) is 10.6 Å². The van der Waals surface area contributed by atoms with Gasteiger partial charge in [-0.15, -0.1) is 0 Å². The number of methoxy groups -OCH3 is 1. The monoisotopic (exact) mass is 520 g/mol. The van der Waals surface area contributed by atoms with Crippen molar-refractivity contribution in [3.8, 4) is 0 Å². The first kappa shape index (κ1) is 26.4. The summed E-state index contributed by atoms with van der Waals surface area (Å²) < 4.78 is 39.5. The van der Waals surface area contributed by atoms with Gasteiger partial charge < -0.3 is 15.0 Å². The van der Waals surface area contributed by atoms with E-state index in [9.17, 15) is 23.1 Å². The number of amides is 2. The molecule has 4 rings (SSSR count). The number of hydrogen-bond donors (Lipinski definition) is 3. The fourth-order valence-corrected chi connectivity index (χ4v) is 5.59. The zero-order chi connectivity index (χ0) is 25.7. The van der Waals surface area contributed by atoms with E-state index in [2.05, 4.69) is 15.0 Å². The molecule has 2 amide bonds. The number of anilines is 1. The molecule has 0 unspecified atom stereocenters. The Labute approximate surface area is 212 Å². The lowest BCUT2D eigenvalue weighted by molar-refractivity contribution is 0.0600. The minimum Gasteiger partial charge on any atom is -0.465 e. The van der Waals surface area contributed by atoms with E-state index in [0.29, 0.717) is 5.69 Å². The first-order chi connectivity index (χ1) is 17.3. The second-order valence-corrected chi connectivity index (χ2v) is 11.5. The van der Waals surface area contributed by atoms with E-state index in [1.807, 2.05) is 24.3 Å². The van der Waals surface area contributed by atoms with E-state index < -0.39 is 22.4 Å². The summed E-state index contributed by atoms with van der Waals surface area (Å²) in [4.78, 5) is 30.7. The fourth-order valence-electron chi connectivity index (χ4n) is 4.36. The van der Waals surface area contributed by atoms with Crippen LogP contribution >= 0.6 is 10.6 Å². The van der Waals surface area contributed by atoms with Gasteiger partial charge in [0.05, 0.1) is 30.7 Å². The molecule has 11 heteroatoms. The molecule has 0 bridgehead atoms. The predicted octanol–water partition coefficient (Wildman–Crippen LogP) is 3.21. The molecule has 0 aliphatic carbocycles. The van der Waals surface area contributed by atoms with Crippen molar-refractivity contribution in [2.45, 2.75) is 13.1 Å². The number of nitrogens with zero attached hydrogens (tertiary/aromatic N) is 3. The van der Waals surface area contributed by atoms with Crippen LogP contribution < -0.4 is 10.2 Å². The van der Waals surface area contributed by atoms with Crippen LogP contribution in [0.15, 0.2) is 42.5 Å². The summed E-state index contributed by atoms with van der Waals surface area (Å²) in [6.45, 7) is 5.05. The van der Waals surface area contributed by atoms with Crippen LogP contribution in [0.1, 0.15) is 21.5 Å². The lowest BCUT2D eigenvalue weighted by Crippen LogP contribution is -2.48. The molecule has 36 heavy (non-hydrogen) atoms.